The fourth-order valence-corrected chi connectivity index (χ4v) is 0.763. The van der Waals surface area contributed by atoms with E-state index in [1.807, 2.05) is 0 Å². The molecule has 0 aromatic carbocycles. The van der Waals surface area contributed by atoms with Crippen molar-refractivity contribution in [3.8, 4) is 0 Å². The van der Waals surface area contributed by atoms with Gasteiger partial charge in [0.1, 0.15) is 0 Å². The Balaban J connectivity index is 3.16. The lowest BCUT2D eigenvalue weighted by atomic mass is 9.93. The Morgan fingerprint density at radius 2 is 1.78 bits per heavy atom. The summed E-state index contributed by atoms with van der Waals surface area (Å²) in [4.78, 5) is 0. The van der Waals surface area contributed by atoms with E-state index < -0.39 is 0 Å². The molecule has 0 saturated carbocycles. The Labute approximate surface area is 59.7 Å². The first-order valence-corrected chi connectivity index (χ1v) is 3.96. The molecule has 0 heteroatoms. The summed E-state index contributed by atoms with van der Waals surface area (Å²) in [6, 6.07) is 0. The Morgan fingerprint density at radius 1 is 1.22 bits per heavy atom. The molecule has 0 aromatic heterocycles. The Bertz CT molecular complexity index is 55.1. The van der Waals surface area contributed by atoms with Crippen LogP contribution in [0.25, 0.3) is 0 Å². The third kappa shape index (κ3) is 4.50. The van der Waals surface area contributed by atoms with Crippen LogP contribution >= 0.6 is 0 Å². The first-order chi connectivity index (χ1) is 4.18. The van der Waals surface area contributed by atoms with E-state index in [1.165, 1.54) is 12.8 Å². The summed E-state index contributed by atoms with van der Waals surface area (Å²) in [6.45, 7) is 9.04. The van der Waals surface area contributed by atoms with Crippen molar-refractivity contribution < 1.29 is 0 Å². The molecule has 55 valence electrons. The van der Waals surface area contributed by atoms with Gasteiger partial charge in [-0.1, -0.05) is 40.5 Å². The summed E-state index contributed by atoms with van der Waals surface area (Å²) in [6.07, 6.45) is 4.88. The fourth-order valence-electron chi connectivity index (χ4n) is 0.763. The van der Waals surface area contributed by atoms with Crippen molar-refractivity contribution in [2.45, 2.75) is 40.5 Å². The minimum atomic E-state index is 0.852. The second-order valence-corrected chi connectivity index (χ2v) is 3.21. The molecule has 1 radical (unpaired) electrons. The van der Waals surface area contributed by atoms with Gasteiger partial charge in [-0.05, 0) is 18.3 Å². The largest absolute Gasteiger partial charge is 0.0625 e. The van der Waals surface area contributed by atoms with Crippen LogP contribution in [0.15, 0.2) is 0 Å². The molecule has 0 aliphatic heterocycles. The van der Waals surface area contributed by atoms with Crippen LogP contribution in [0.1, 0.15) is 40.5 Å². The molecule has 0 nitrogen and oxygen atoms in total. The maximum atomic E-state index is 2.33. The zero-order chi connectivity index (χ0) is 7.28. The molecule has 0 spiro atoms. The summed E-state index contributed by atoms with van der Waals surface area (Å²) >= 11 is 0. The predicted octanol–water partition coefficient (Wildman–Crippen LogP) is 3.28. The van der Waals surface area contributed by atoms with E-state index in [1.54, 1.807) is 0 Å². The van der Waals surface area contributed by atoms with Crippen molar-refractivity contribution in [2.24, 2.45) is 11.8 Å². The zero-order valence-electron chi connectivity index (χ0n) is 7.15. The van der Waals surface area contributed by atoms with Gasteiger partial charge in [0.25, 0.3) is 0 Å². The Kier molecular flexibility index (Phi) is 4.84. The molecule has 0 rings (SSSR count). The SMILES string of the molecule is C[CH]CCC(C)C(C)C. The molecule has 0 N–H and O–H groups in total. The van der Waals surface area contributed by atoms with E-state index in [2.05, 4.69) is 34.1 Å². The molecule has 0 heterocycles. The van der Waals surface area contributed by atoms with Crippen LogP contribution in [0.3, 0.4) is 0 Å². The monoisotopic (exact) mass is 127 g/mol. The first kappa shape index (κ1) is 9.00. The van der Waals surface area contributed by atoms with Gasteiger partial charge in [0.15, 0.2) is 0 Å². The van der Waals surface area contributed by atoms with Crippen molar-refractivity contribution in [3.05, 3.63) is 6.42 Å². The standard InChI is InChI=1S/C9H19/c1-5-6-7-9(4)8(2)3/h5,8-9H,6-7H2,1-4H3. The topological polar surface area (TPSA) is 0 Å². The van der Waals surface area contributed by atoms with Crippen LogP contribution in [0.2, 0.25) is 0 Å². The molecular weight excluding hydrogens is 108 g/mol. The molecule has 1 unspecified atom stereocenters. The lowest BCUT2D eigenvalue weighted by molar-refractivity contribution is 0.391. The normalized spacial score (nSPS) is 14.3. The van der Waals surface area contributed by atoms with Gasteiger partial charge in [-0.3, -0.25) is 0 Å². The highest BCUT2D eigenvalue weighted by atomic mass is 14.1. The third-order valence-corrected chi connectivity index (χ3v) is 2.05. The summed E-state index contributed by atoms with van der Waals surface area (Å²) in [7, 11) is 0. The summed E-state index contributed by atoms with van der Waals surface area (Å²) in [5.74, 6) is 1.74. The second-order valence-electron chi connectivity index (χ2n) is 3.21. The van der Waals surface area contributed by atoms with Gasteiger partial charge in [-0.25, -0.2) is 0 Å². The summed E-state index contributed by atoms with van der Waals surface area (Å²) in [5.41, 5.74) is 0. The molecule has 0 bridgehead atoms. The van der Waals surface area contributed by atoms with Gasteiger partial charge in [0, 0.05) is 0 Å². The van der Waals surface area contributed by atoms with Crippen LogP contribution < -0.4 is 0 Å². The molecule has 0 fully saturated rings. The maximum Gasteiger partial charge on any atom is -0.0417 e. The molecule has 0 aliphatic rings. The van der Waals surface area contributed by atoms with E-state index in [9.17, 15) is 0 Å². The molecule has 0 aromatic rings. The molecule has 0 saturated heterocycles. The summed E-state index contributed by atoms with van der Waals surface area (Å²) < 4.78 is 0. The van der Waals surface area contributed by atoms with Crippen LogP contribution in [-0.2, 0) is 0 Å². The van der Waals surface area contributed by atoms with Gasteiger partial charge >= 0.3 is 0 Å². The fraction of sp³-hybridized carbons (Fsp3) is 0.889. The van der Waals surface area contributed by atoms with Crippen LogP contribution in [0, 0.1) is 18.3 Å². The highest BCUT2D eigenvalue weighted by Gasteiger charge is 2.04. The molecule has 1 atom stereocenters. The lowest BCUT2D eigenvalue weighted by Gasteiger charge is -2.13. The number of hydrogen-bond donors (Lipinski definition) is 0. The molecule has 0 amide bonds. The van der Waals surface area contributed by atoms with Gasteiger partial charge in [-0.15, -0.1) is 0 Å². The van der Waals surface area contributed by atoms with Crippen molar-refractivity contribution >= 4 is 0 Å². The van der Waals surface area contributed by atoms with Crippen molar-refractivity contribution in [1.82, 2.24) is 0 Å². The van der Waals surface area contributed by atoms with Gasteiger partial charge in [0.2, 0.25) is 0 Å². The van der Waals surface area contributed by atoms with E-state index in [0.717, 1.165) is 11.8 Å². The average molecular weight is 127 g/mol. The van der Waals surface area contributed by atoms with E-state index in [4.69, 9.17) is 0 Å². The van der Waals surface area contributed by atoms with Gasteiger partial charge < -0.3 is 0 Å². The smallest absolute Gasteiger partial charge is 0.0417 e. The highest BCUT2D eigenvalue weighted by molar-refractivity contribution is 4.62. The van der Waals surface area contributed by atoms with Gasteiger partial charge in [0.05, 0.1) is 0 Å². The van der Waals surface area contributed by atoms with Gasteiger partial charge in [-0.2, -0.15) is 0 Å². The second kappa shape index (κ2) is 4.84. The first-order valence-electron chi connectivity index (χ1n) is 3.96. The number of hydrogen-bond acceptors (Lipinski definition) is 0. The average Bonchev–Trinajstić information content (AvgIpc) is 1.82. The highest BCUT2D eigenvalue weighted by Crippen LogP contribution is 2.15. The number of unbranched alkanes of at least 4 members (excludes halogenated alkanes) is 1. The van der Waals surface area contributed by atoms with Crippen LogP contribution in [0.4, 0.5) is 0 Å². The van der Waals surface area contributed by atoms with E-state index in [0.29, 0.717) is 0 Å². The molecule has 9 heavy (non-hydrogen) atoms. The van der Waals surface area contributed by atoms with Crippen molar-refractivity contribution in [1.29, 1.82) is 0 Å². The van der Waals surface area contributed by atoms with Crippen molar-refractivity contribution in [2.75, 3.05) is 0 Å². The number of rotatable bonds is 4. The minimum absolute atomic E-state index is 0.852. The predicted molar refractivity (Wildman–Crippen MR) is 43.2 cm³/mol. The van der Waals surface area contributed by atoms with E-state index in [-0.39, 0.29) is 0 Å². The third-order valence-electron chi connectivity index (χ3n) is 2.05. The van der Waals surface area contributed by atoms with Crippen LogP contribution in [0.5, 0.6) is 0 Å². The maximum absolute atomic E-state index is 2.33. The lowest BCUT2D eigenvalue weighted by Crippen LogP contribution is -2.02. The molecular formula is C9H19. The van der Waals surface area contributed by atoms with Crippen molar-refractivity contribution in [3.63, 3.8) is 0 Å². The van der Waals surface area contributed by atoms with Crippen LogP contribution in [-0.4, -0.2) is 0 Å². The summed E-state index contributed by atoms with van der Waals surface area (Å²) in [5, 5.41) is 0. The van der Waals surface area contributed by atoms with E-state index >= 15 is 0 Å². The molecule has 0 aliphatic carbocycles. The Hall–Kier alpha value is 0. The quantitative estimate of drug-likeness (QED) is 0.543. The Morgan fingerprint density at radius 3 is 2.11 bits per heavy atom. The zero-order valence-corrected chi connectivity index (χ0v) is 7.15. The minimum Gasteiger partial charge on any atom is -0.0625 e.